The molecule has 1 unspecified atom stereocenters. The molecule has 1 nitrogen and oxygen atoms in total. The lowest BCUT2D eigenvalue weighted by atomic mass is 10.0. The Morgan fingerprint density at radius 1 is 1.25 bits per heavy atom. The first-order valence-corrected chi connectivity index (χ1v) is 8.40. The van der Waals surface area contributed by atoms with Crippen LogP contribution in [0.4, 0.5) is 4.39 Å². The summed E-state index contributed by atoms with van der Waals surface area (Å²) in [6.45, 7) is 0.796. The van der Waals surface area contributed by atoms with Crippen molar-refractivity contribution in [3.63, 3.8) is 0 Å². The van der Waals surface area contributed by atoms with Crippen molar-refractivity contribution in [2.45, 2.75) is 23.9 Å². The molecule has 0 aromatic heterocycles. The molecular formula is C16H15BrFNS. The zero-order valence-electron chi connectivity index (χ0n) is 10.9. The van der Waals surface area contributed by atoms with E-state index in [9.17, 15) is 4.39 Å². The lowest BCUT2D eigenvalue weighted by Gasteiger charge is -2.26. The van der Waals surface area contributed by atoms with Crippen molar-refractivity contribution < 1.29 is 4.39 Å². The Hall–Kier alpha value is -0.840. The van der Waals surface area contributed by atoms with Crippen LogP contribution in [0.3, 0.4) is 0 Å². The third kappa shape index (κ3) is 3.25. The van der Waals surface area contributed by atoms with Gasteiger partial charge in [-0.1, -0.05) is 28.1 Å². The van der Waals surface area contributed by atoms with Gasteiger partial charge in [-0.15, -0.1) is 11.8 Å². The second-order valence-corrected chi connectivity index (χ2v) is 6.94. The third-order valence-electron chi connectivity index (χ3n) is 3.45. The van der Waals surface area contributed by atoms with Crippen LogP contribution in [0.2, 0.25) is 0 Å². The maximum Gasteiger partial charge on any atom is 0.123 e. The molecule has 0 saturated heterocycles. The largest absolute Gasteiger partial charge is 0.306 e. The zero-order valence-corrected chi connectivity index (χ0v) is 13.3. The van der Waals surface area contributed by atoms with Gasteiger partial charge in [-0.2, -0.15) is 0 Å². The van der Waals surface area contributed by atoms with E-state index >= 15 is 0 Å². The zero-order chi connectivity index (χ0) is 13.9. The molecule has 2 aromatic rings. The van der Waals surface area contributed by atoms with Gasteiger partial charge in [-0.3, -0.25) is 0 Å². The van der Waals surface area contributed by atoms with Crippen LogP contribution < -0.4 is 5.32 Å². The summed E-state index contributed by atoms with van der Waals surface area (Å²) in [6, 6.07) is 13.6. The molecule has 1 aliphatic heterocycles. The van der Waals surface area contributed by atoms with E-state index in [1.54, 1.807) is 12.1 Å². The Labute approximate surface area is 131 Å². The molecule has 1 heterocycles. The van der Waals surface area contributed by atoms with Crippen LogP contribution in [0.15, 0.2) is 51.8 Å². The van der Waals surface area contributed by atoms with Crippen LogP contribution in [-0.2, 0) is 6.54 Å². The van der Waals surface area contributed by atoms with Crippen LogP contribution >= 0.6 is 27.7 Å². The summed E-state index contributed by atoms with van der Waals surface area (Å²) in [5, 5.41) is 3.55. The average molecular weight is 352 g/mol. The number of hydrogen-bond donors (Lipinski definition) is 1. The number of hydrogen-bond acceptors (Lipinski definition) is 2. The summed E-state index contributed by atoms with van der Waals surface area (Å²) in [5.74, 6) is 0.926. The van der Waals surface area contributed by atoms with E-state index in [0.29, 0.717) is 0 Å². The topological polar surface area (TPSA) is 12.0 Å². The quantitative estimate of drug-likeness (QED) is 0.842. The van der Waals surface area contributed by atoms with E-state index in [1.807, 2.05) is 30.0 Å². The van der Waals surface area contributed by atoms with Gasteiger partial charge in [0, 0.05) is 22.0 Å². The van der Waals surface area contributed by atoms with Crippen LogP contribution in [0.25, 0.3) is 0 Å². The Morgan fingerprint density at radius 3 is 3.00 bits per heavy atom. The summed E-state index contributed by atoms with van der Waals surface area (Å²) in [5.41, 5.74) is 2.33. The molecule has 0 fully saturated rings. The van der Waals surface area contributed by atoms with Gasteiger partial charge >= 0.3 is 0 Å². The van der Waals surface area contributed by atoms with E-state index in [1.165, 1.54) is 10.5 Å². The van der Waals surface area contributed by atoms with Crippen LogP contribution in [0, 0.1) is 5.82 Å². The normalized spacial score (nSPS) is 17.8. The fourth-order valence-electron chi connectivity index (χ4n) is 2.47. The van der Waals surface area contributed by atoms with Crippen molar-refractivity contribution in [1.82, 2.24) is 5.32 Å². The number of fused-ring (bicyclic) bond motifs is 1. The molecule has 0 amide bonds. The molecular weight excluding hydrogens is 337 g/mol. The van der Waals surface area contributed by atoms with Crippen molar-refractivity contribution in [1.29, 1.82) is 0 Å². The van der Waals surface area contributed by atoms with Gasteiger partial charge in [0.1, 0.15) is 5.82 Å². The van der Waals surface area contributed by atoms with Gasteiger partial charge in [0.2, 0.25) is 0 Å². The second-order valence-electron chi connectivity index (χ2n) is 4.88. The SMILES string of the molecule is Fc1ccc2c(c1)C(NCc1cccc(Br)c1)CCS2. The molecule has 2 aromatic carbocycles. The molecule has 0 saturated carbocycles. The highest BCUT2D eigenvalue weighted by Gasteiger charge is 2.20. The van der Waals surface area contributed by atoms with Crippen molar-refractivity contribution in [3.8, 4) is 0 Å². The molecule has 104 valence electrons. The third-order valence-corrected chi connectivity index (χ3v) is 5.07. The Bertz CT molecular complexity index is 617. The predicted molar refractivity (Wildman–Crippen MR) is 85.5 cm³/mol. The van der Waals surface area contributed by atoms with Gasteiger partial charge in [-0.05, 0) is 53.6 Å². The lowest BCUT2D eigenvalue weighted by Crippen LogP contribution is -2.24. The molecule has 1 aliphatic rings. The average Bonchev–Trinajstić information content (AvgIpc) is 2.45. The summed E-state index contributed by atoms with van der Waals surface area (Å²) >= 11 is 5.29. The maximum atomic E-state index is 13.4. The van der Waals surface area contributed by atoms with Gasteiger partial charge in [0.05, 0.1) is 0 Å². The van der Waals surface area contributed by atoms with Crippen LogP contribution in [-0.4, -0.2) is 5.75 Å². The monoisotopic (exact) mass is 351 g/mol. The van der Waals surface area contributed by atoms with Crippen molar-refractivity contribution in [3.05, 3.63) is 63.9 Å². The smallest absolute Gasteiger partial charge is 0.123 e. The van der Waals surface area contributed by atoms with Crippen LogP contribution in [0.5, 0.6) is 0 Å². The maximum absolute atomic E-state index is 13.4. The number of rotatable bonds is 3. The molecule has 0 spiro atoms. The highest BCUT2D eigenvalue weighted by molar-refractivity contribution is 9.10. The minimum atomic E-state index is -0.152. The molecule has 3 rings (SSSR count). The molecule has 0 bridgehead atoms. The fraction of sp³-hybridized carbons (Fsp3) is 0.250. The van der Waals surface area contributed by atoms with Crippen molar-refractivity contribution in [2.75, 3.05) is 5.75 Å². The van der Waals surface area contributed by atoms with Crippen molar-refractivity contribution >= 4 is 27.7 Å². The van der Waals surface area contributed by atoms with Crippen molar-refractivity contribution in [2.24, 2.45) is 0 Å². The Morgan fingerprint density at radius 2 is 2.15 bits per heavy atom. The first-order chi connectivity index (χ1) is 9.72. The minimum absolute atomic E-state index is 0.152. The van der Waals surface area contributed by atoms with E-state index in [4.69, 9.17) is 0 Å². The fourth-order valence-corrected chi connectivity index (χ4v) is 4.02. The first-order valence-electron chi connectivity index (χ1n) is 6.62. The summed E-state index contributed by atoms with van der Waals surface area (Å²) in [7, 11) is 0. The van der Waals surface area contributed by atoms with Crippen LogP contribution in [0.1, 0.15) is 23.6 Å². The number of benzene rings is 2. The molecule has 1 N–H and O–H groups in total. The van der Waals surface area contributed by atoms with E-state index in [-0.39, 0.29) is 11.9 Å². The molecule has 0 radical (unpaired) electrons. The predicted octanol–water partition coefficient (Wildman–Crippen LogP) is 4.91. The lowest BCUT2D eigenvalue weighted by molar-refractivity contribution is 0.504. The standard InChI is InChI=1S/C16H15BrFNS/c17-12-3-1-2-11(8-12)10-19-15-6-7-20-16-5-4-13(18)9-14(15)16/h1-5,8-9,15,19H,6-7,10H2. The number of halogens is 2. The summed E-state index contributed by atoms with van der Waals surface area (Å²) in [4.78, 5) is 1.20. The highest BCUT2D eigenvalue weighted by atomic mass is 79.9. The Kier molecular flexibility index (Phi) is 4.44. The molecule has 20 heavy (non-hydrogen) atoms. The van der Waals surface area contributed by atoms with E-state index < -0.39 is 0 Å². The minimum Gasteiger partial charge on any atom is -0.306 e. The summed E-state index contributed by atoms with van der Waals surface area (Å²) in [6.07, 6.45) is 1.04. The number of nitrogens with one attached hydrogen (secondary N) is 1. The Balaban J connectivity index is 1.75. The molecule has 4 heteroatoms. The van der Waals surface area contributed by atoms with E-state index in [0.717, 1.165) is 28.8 Å². The molecule has 0 aliphatic carbocycles. The van der Waals surface area contributed by atoms with Gasteiger partial charge in [-0.25, -0.2) is 4.39 Å². The first kappa shape index (κ1) is 14.1. The highest BCUT2D eigenvalue weighted by Crippen LogP contribution is 2.36. The summed E-state index contributed by atoms with van der Waals surface area (Å²) < 4.78 is 14.5. The van der Waals surface area contributed by atoms with Gasteiger partial charge in [0.15, 0.2) is 0 Å². The molecule has 1 atom stereocenters. The second kappa shape index (κ2) is 6.29. The van der Waals surface area contributed by atoms with E-state index in [2.05, 4.69) is 33.4 Å². The number of thioether (sulfide) groups is 1. The van der Waals surface area contributed by atoms with Gasteiger partial charge < -0.3 is 5.32 Å². The van der Waals surface area contributed by atoms with Gasteiger partial charge in [0.25, 0.3) is 0 Å².